The first kappa shape index (κ1) is 30.0. The lowest BCUT2D eigenvalue weighted by Gasteiger charge is -2.23. The van der Waals surface area contributed by atoms with Crippen molar-refractivity contribution < 1.29 is 27.8 Å². The van der Waals surface area contributed by atoms with E-state index in [9.17, 15) is 23.1 Å². The molecule has 1 aromatic heterocycles. The van der Waals surface area contributed by atoms with Crippen molar-refractivity contribution in [1.29, 1.82) is 0 Å². The first-order valence-corrected chi connectivity index (χ1v) is 15.3. The number of hydrogen-bond donors (Lipinski definition) is 1. The van der Waals surface area contributed by atoms with Crippen LogP contribution in [0.3, 0.4) is 0 Å². The van der Waals surface area contributed by atoms with Gasteiger partial charge in [0.05, 0.1) is 11.3 Å². The quantitative estimate of drug-likeness (QED) is 0.183. The fourth-order valence-corrected chi connectivity index (χ4v) is 6.38. The van der Waals surface area contributed by atoms with Gasteiger partial charge in [-0.25, -0.2) is 9.78 Å². The lowest BCUT2D eigenvalue weighted by Crippen LogP contribution is -2.38. The number of carboxylic acid groups (broad SMARTS) is 1. The van der Waals surface area contributed by atoms with Gasteiger partial charge in [0.1, 0.15) is 10.8 Å². The van der Waals surface area contributed by atoms with Gasteiger partial charge in [-0.2, -0.15) is 13.2 Å². The number of halogens is 3. The normalized spacial score (nSPS) is 12.0. The summed E-state index contributed by atoms with van der Waals surface area (Å²) in [5.74, 6) is 0.0834. The molecule has 0 spiro atoms. The maximum absolute atomic E-state index is 13.1. The second-order valence-electron chi connectivity index (χ2n) is 9.62. The first-order chi connectivity index (χ1) is 18.9. The SMILES string of the molecule is CSc1ccc(Cc2nc(-c3ccc(C(F)(F)F)cc3)sc2CSc2ccc(OC(C)(C)C(=O)O)c(C)c2)cc1. The van der Waals surface area contributed by atoms with Gasteiger partial charge >= 0.3 is 12.1 Å². The number of benzene rings is 3. The molecular formula is C30H28F3NO3S3. The smallest absolute Gasteiger partial charge is 0.416 e. The Labute approximate surface area is 244 Å². The van der Waals surface area contributed by atoms with Crippen molar-refractivity contribution in [3.05, 3.63) is 94.0 Å². The fourth-order valence-electron chi connectivity index (χ4n) is 3.79. The molecule has 0 fully saturated rings. The van der Waals surface area contributed by atoms with Crippen molar-refractivity contribution in [3.8, 4) is 16.3 Å². The van der Waals surface area contributed by atoms with E-state index in [0.717, 1.165) is 43.6 Å². The predicted molar refractivity (Wildman–Crippen MR) is 157 cm³/mol. The van der Waals surface area contributed by atoms with E-state index in [1.807, 2.05) is 25.3 Å². The van der Waals surface area contributed by atoms with Crippen molar-refractivity contribution in [2.24, 2.45) is 0 Å². The fraction of sp³-hybridized carbons (Fsp3) is 0.267. The highest BCUT2D eigenvalue weighted by atomic mass is 32.2. The highest BCUT2D eigenvalue weighted by Gasteiger charge is 2.31. The molecule has 0 saturated carbocycles. The average Bonchev–Trinajstić information content (AvgIpc) is 3.31. The maximum atomic E-state index is 13.1. The van der Waals surface area contributed by atoms with Crippen LogP contribution in [0.5, 0.6) is 5.75 Å². The first-order valence-electron chi connectivity index (χ1n) is 12.3. The number of carboxylic acids is 1. The van der Waals surface area contributed by atoms with E-state index in [4.69, 9.17) is 9.72 Å². The number of ether oxygens (including phenoxy) is 1. The molecule has 0 amide bonds. The molecule has 4 aromatic rings. The van der Waals surface area contributed by atoms with Crippen LogP contribution in [-0.2, 0) is 23.1 Å². The lowest BCUT2D eigenvalue weighted by molar-refractivity contribution is -0.152. The molecule has 10 heteroatoms. The third-order valence-corrected chi connectivity index (χ3v) is 9.26. The van der Waals surface area contributed by atoms with Gasteiger partial charge in [-0.15, -0.1) is 34.9 Å². The number of aromatic nitrogens is 1. The van der Waals surface area contributed by atoms with Crippen molar-refractivity contribution >= 4 is 40.8 Å². The Hall–Kier alpha value is -2.95. The number of alkyl halides is 3. The molecule has 1 heterocycles. The molecule has 0 radical (unpaired) electrons. The van der Waals surface area contributed by atoms with Gasteiger partial charge in [-0.05, 0) is 80.6 Å². The largest absolute Gasteiger partial charge is 0.478 e. The molecule has 0 aliphatic rings. The summed E-state index contributed by atoms with van der Waals surface area (Å²) in [5, 5.41) is 10.0. The van der Waals surface area contributed by atoms with Crippen LogP contribution in [0.4, 0.5) is 13.2 Å². The molecular weight excluding hydrogens is 576 g/mol. The summed E-state index contributed by atoms with van der Waals surface area (Å²) in [4.78, 5) is 19.5. The monoisotopic (exact) mass is 603 g/mol. The van der Waals surface area contributed by atoms with Crippen molar-refractivity contribution in [2.45, 2.75) is 54.5 Å². The van der Waals surface area contributed by atoms with E-state index in [0.29, 0.717) is 28.5 Å². The molecule has 0 bridgehead atoms. The number of rotatable bonds is 10. The lowest BCUT2D eigenvalue weighted by atomic mass is 10.1. The molecule has 3 aromatic carbocycles. The van der Waals surface area contributed by atoms with Crippen molar-refractivity contribution in [1.82, 2.24) is 4.98 Å². The Kier molecular flexibility index (Phi) is 9.22. The van der Waals surface area contributed by atoms with E-state index in [1.165, 1.54) is 37.3 Å². The van der Waals surface area contributed by atoms with Crippen molar-refractivity contribution in [2.75, 3.05) is 6.26 Å². The minimum Gasteiger partial charge on any atom is -0.478 e. The van der Waals surface area contributed by atoms with Crippen molar-refractivity contribution in [3.63, 3.8) is 0 Å². The van der Waals surface area contributed by atoms with Crippen LogP contribution in [0, 0.1) is 6.92 Å². The van der Waals surface area contributed by atoms with Gasteiger partial charge in [-0.3, -0.25) is 0 Å². The predicted octanol–water partition coefficient (Wildman–Crippen LogP) is 8.98. The average molecular weight is 604 g/mol. The van der Waals surface area contributed by atoms with Crippen LogP contribution >= 0.6 is 34.9 Å². The summed E-state index contributed by atoms with van der Waals surface area (Å²) in [6.07, 6.45) is -1.76. The molecule has 40 heavy (non-hydrogen) atoms. The zero-order chi connectivity index (χ0) is 29.1. The number of nitrogens with zero attached hydrogens (tertiary/aromatic N) is 1. The molecule has 4 rings (SSSR count). The summed E-state index contributed by atoms with van der Waals surface area (Å²) in [6, 6.07) is 19.0. The Morgan fingerprint density at radius 3 is 2.23 bits per heavy atom. The van der Waals surface area contributed by atoms with Crippen LogP contribution in [-0.4, -0.2) is 27.9 Å². The van der Waals surface area contributed by atoms with Gasteiger partial charge in [0.2, 0.25) is 0 Å². The molecule has 0 saturated heterocycles. The number of thioether (sulfide) groups is 2. The standard InChI is InChI=1S/C30H28F3NO3S3/c1-18-15-23(13-14-25(18)37-29(2,3)28(35)36)39-17-26-24(16-19-5-11-22(38-4)12-6-19)34-27(40-26)20-7-9-21(10-8-20)30(31,32)33/h5-15H,16-17H2,1-4H3,(H,35,36). The summed E-state index contributed by atoms with van der Waals surface area (Å²) < 4.78 is 44.9. The number of thiazole rings is 1. The van der Waals surface area contributed by atoms with Gasteiger partial charge in [0, 0.05) is 32.4 Å². The number of carbonyl (C=O) groups is 1. The van der Waals surface area contributed by atoms with Gasteiger partial charge < -0.3 is 9.84 Å². The topological polar surface area (TPSA) is 59.4 Å². The van der Waals surface area contributed by atoms with Gasteiger partial charge in [0.25, 0.3) is 0 Å². The third-order valence-electron chi connectivity index (χ3n) is 6.16. The summed E-state index contributed by atoms with van der Waals surface area (Å²) >= 11 is 4.76. The van der Waals surface area contributed by atoms with Crippen LogP contribution in [0.1, 0.15) is 41.1 Å². The van der Waals surface area contributed by atoms with E-state index >= 15 is 0 Å². The summed E-state index contributed by atoms with van der Waals surface area (Å²) in [7, 11) is 0. The summed E-state index contributed by atoms with van der Waals surface area (Å²) in [5.41, 5.74) is 1.43. The Morgan fingerprint density at radius 1 is 1.00 bits per heavy atom. The zero-order valence-electron chi connectivity index (χ0n) is 22.3. The van der Waals surface area contributed by atoms with Crippen LogP contribution < -0.4 is 4.74 Å². The zero-order valence-corrected chi connectivity index (χ0v) is 24.8. The molecule has 4 nitrogen and oxygen atoms in total. The van der Waals surface area contributed by atoms with Crippen LogP contribution in [0.15, 0.2) is 76.5 Å². The minimum atomic E-state index is -4.39. The Balaban J connectivity index is 1.58. The summed E-state index contributed by atoms with van der Waals surface area (Å²) in [6.45, 7) is 4.88. The van der Waals surface area contributed by atoms with E-state index < -0.39 is 23.3 Å². The number of aliphatic carboxylic acids is 1. The minimum absolute atomic E-state index is 0.508. The highest BCUT2D eigenvalue weighted by Crippen LogP contribution is 2.37. The van der Waals surface area contributed by atoms with E-state index in [1.54, 1.807) is 29.6 Å². The molecule has 1 N–H and O–H groups in total. The van der Waals surface area contributed by atoms with E-state index in [2.05, 4.69) is 24.3 Å². The molecule has 0 unspecified atom stereocenters. The molecule has 210 valence electrons. The Morgan fingerprint density at radius 2 is 1.65 bits per heavy atom. The third kappa shape index (κ3) is 7.41. The molecule has 0 aliphatic carbocycles. The van der Waals surface area contributed by atoms with Gasteiger partial charge in [-0.1, -0.05) is 24.3 Å². The van der Waals surface area contributed by atoms with E-state index in [-0.39, 0.29) is 0 Å². The highest BCUT2D eigenvalue weighted by molar-refractivity contribution is 7.98. The molecule has 0 atom stereocenters. The van der Waals surface area contributed by atoms with Crippen LogP contribution in [0.25, 0.3) is 10.6 Å². The molecule has 0 aliphatic heterocycles. The number of aryl methyl sites for hydroxylation is 1. The van der Waals surface area contributed by atoms with Crippen LogP contribution in [0.2, 0.25) is 0 Å². The van der Waals surface area contributed by atoms with Gasteiger partial charge in [0.15, 0.2) is 5.60 Å². The second-order valence-corrected chi connectivity index (χ2v) is 12.6. The second kappa shape index (κ2) is 12.3. The Bertz CT molecular complexity index is 1480. The number of hydrogen-bond acceptors (Lipinski definition) is 6. The maximum Gasteiger partial charge on any atom is 0.416 e.